The average molecular weight is 422 g/mol. The number of hydrogen-bond donors (Lipinski definition) is 1. The molecule has 0 saturated heterocycles. The van der Waals surface area contributed by atoms with Crippen molar-refractivity contribution in [2.24, 2.45) is 5.92 Å². The van der Waals surface area contributed by atoms with Gasteiger partial charge in [-0.25, -0.2) is 4.39 Å². The molecule has 0 spiro atoms. The van der Waals surface area contributed by atoms with Crippen LogP contribution in [0, 0.1) is 11.7 Å². The van der Waals surface area contributed by atoms with Gasteiger partial charge in [-0.3, -0.25) is 4.79 Å². The largest absolute Gasteiger partial charge is 0.496 e. The van der Waals surface area contributed by atoms with Gasteiger partial charge in [0.05, 0.1) is 12.7 Å². The van der Waals surface area contributed by atoms with Gasteiger partial charge in [0.2, 0.25) is 0 Å². The highest BCUT2D eigenvalue weighted by Gasteiger charge is 2.14. The highest BCUT2D eigenvalue weighted by molar-refractivity contribution is 5.97. The van der Waals surface area contributed by atoms with Crippen LogP contribution < -0.4 is 14.8 Å². The summed E-state index contributed by atoms with van der Waals surface area (Å²) in [4.78, 5) is 12.8. The van der Waals surface area contributed by atoms with Crippen LogP contribution in [0.1, 0.15) is 41.8 Å². The van der Waals surface area contributed by atoms with Crippen LogP contribution in [0.15, 0.2) is 66.7 Å². The zero-order chi connectivity index (χ0) is 22.2. The van der Waals surface area contributed by atoms with Crippen molar-refractivity contribution in [2.45, 2.75) is 33.2 Å². The molecule has 3 aromatic rings. The number of benzene rings is 3. The van der Waals surface area contributed by atoms with Gasteiger partial charge in [-0.05, 0) is 72.0 Å². The molecule has 1 N–H and O–H groups in total. The van der Waals surface area contributed by atoms with Crippen LogP contribution >= 0.6 is 0 Å². The van der Waals surface area contributed by atoms with Gasteiger partial charge in [0.15, 0.2) is 0 Å². The highest BCUT2D eigenvalue weighted by atomic mass is 19.1. The van der Waals surface area contributed by atoms with E-state index in [9.17, 15) is 9.18 Å². The Balaban J connectivity index is 1.62. The van der Waals surface area contributed by atoms with Gasteiger partial charge in [0, 0.05) is 6.54 Å². The molecule has 0 fully saturated rings. The Labute approximate surface area is 183 Å². The van der Waals surface area contributed by atoms with E-state index >= 15 is 0 Å². The first-order valence-corrected chi connectivity index (χ1v) is 10.5. The van der Waals surface area contributed by atoms with Crippen LogP contribution in [0.5, 0.6) is 17.2 Å². The van der Waals surface area contributed by atoms with E-state index in [1.807, 2.05) is 42.5 Å². The fourth-order valence-electron chi connectivity index (χ4n) is 3.20. The molecule has 3 rings (SSSR count). The molecular formula is C26H28FNO3. The molecule has 3 aromatic carbocycles. The van der Waals surface area contributed by atoms with Crippen molar-refractivity contribution in [3.8, 4) is 17.2 Å². The number of ether oxygens (including phenoxy) is 2. The van der Waals surface area contributed by atoms with E-state index in [2.05, 4.69) is 19.2 Å². The van der Waals surface area contributed by atoms with Crippen molar-refractivity contribution >= 4 is 5.91 Å². The van der Waals surface area contributed by atoms with E-state index in [4.69, 9.17) is 9.47 Å². The number of amides is 1. The minimum absolute atomic E-state index is 0.172. The molecule has 1 atom stereocenters. The van der Waals surface area contributed by atoms with Gasteiger partial charge in [-0.2, -0.15) is 0 Å². The number of nitrogens with one attached hydrogen (secondary N) is 1. The summed E-state index contributed by atoms with van der Waals surface area (Å²) in [5, 5.41) is 2.96. The number of hydrogen-bond acceptors (Lipinski definition) is 3. The predicted molar refractivity (Wildman–Crippen MR) is 120 cm³/mol. The Kier molecular flexibility index (Phi) is 7.65. The van der Waals surface area contributed by atoms with E-state index in [0.29, 0.717) is 35.3 Å². The van der Waals surface area contributed by atoms with Crippen molar-refractivity contribution in [3.63, 3.8) is 0 Å². The first-order chi connectivity index (χ1) is 15.0. The zero-order valence-electron chi connectivity index (χ0n) is 18.2. The quantitative estimate of drug-likeness (QED) is 0.451. The van der Waals surface area contributed by atoms with Gasteiger partial charge in [-0.1, -0.05) is 38.5 Å². The highest BCUT2D eigenvalue weighted by Crippen LogP contribution is 2.24. The molecule has 0 aromatic heterocycles. The summed E-state index contributed by atoms with van der Waals surface area (Å²) in [5.74, 6) is 1.84. The van der Waals surface area contributed by atoms with Crippen molar-refractivity contribution in [1.29, 1.82) is 0 Å². The molecule has 0 heterocycles. The second kappa shape index (κ2) is 10.6. The van der Waals surface area contributed by atoms with Gasteiger partial charge in [-0.15, -0.1) is 0 Å². The maximum Gasteiger partial charge on any atom is 0.255 e. The first-order valence-electron chi connectivity index (χ1n) is 10.5. The molecule has 0 aliphatic rings. The first kappa shape index (κ1) is 22.3. The van der Waals surface area contributed by atoms with Crippen LogP contribution in [0.25, 0.3) is 0 Å². The Morgan fingerprint density at radius 1 is 0.968 bits per heavy atom. The smallest absolute Gasteiger partial charge is 0.255 e. The fourth-order valence-corrected chi connectivity index (χ4v) is 3.20. The Morgan fingerprint density at radius 2 is 1.58 bits per heavy atom. The third-order valence-corrected chi connectivity index (χ3v) is 5.22. The zero-order valence-corrected chi connectivity index (χ0v) is 18.2. The Bertz CT molecular complexity index is 1000. The summed E-state index contributed by atoms with van der Waals surface area (Å²) >= 11 is 0. The van der Waals surface area contributed by atoms with Gasteiger partial charge < -0.3 is 14.8 Å². The van der Waals surface area contributed by atoms with Gasteiger partial charge in [0.25, 0.3) is 5.91 Å². The second-order valence-electron chi connectivity index (χ2n) is 7.63. The summed E-state index contributed by atoms with van der Waals surface area (Å²) in [7, 11) is 1.57. The van der Waals surface area contributed by atoms with E-state index < -0.39 is 0 Å². The third-order valence-electron chi connectivity index (χ3n) is 5.22. The molecule has 4 nitrogen and oxygen atoms in total. The summed E-state index contributed by atoms with van der Waals surface area (Å²) in [5.41, 5.74) is 2.61. The minimum Gasteiger partial charge on any atom is -0.496 e. The number of rotatable bonds is 9. The molecule has 0 bridgehead atoms. The van der Waals surface area contributed by atoms with Crippen LogP contribution in [0.4, 0.5) is 4.39 Å². The van der Waals surface area contributed by atoms with Crippen molar-refractivity contribution < 1.29 is 18.7 Å². The molecule has 31 heavy (non-hydrogen) atoms. The van der Waals surface area contributed by atoms with Crippen molar-refractivity contribution in [2.75, 3.05) is 7.11 Å². The van der Waals surface area contributed by atoms with Crippen LogP contribution in [0.2, 0.25) is 0 Å². The lowest BCUT2D eigenvalue weighted by atomic mass is 9.97. The Morgan fingerprint density at radius 3 is 2.19 bits per heavy atom. The van der Waals surface area contributed by atoms with Crippen molar-refractivity contribution in [1.82, 2.24) is 5.32 Å². The molecule has 1 unspecified atom stereocenters. The lowest BCUT2D eigenvalue weighted by molar-refractivity contribution is 0.0947. The number of methoxy groups -OCH3 is 1. The predicted octanol–water partition coefficient (Wildman–Crippen LogP) is 6.15. The number of carbonyl (C=O) groups excluding carboxylic acids is 1. The summed E-state index contributed by atoms with van der Waals surface area (Å²) in [6.07, 6.45) is 2.02. The molecule has 0 radical (unpaired) electrons. The Hall–Kier alpha value is -3.34. The van der Waals surface area contributed by atoms with Crippen molar-refractivity contribution in [3.05, 3.63) is 89.2 Å². The van der Waals surface area contributed by atoms with E-state index in [0.717, 1.165) is 24.0 Å². The molecule has 0 saturated carbocycles. The molecule has 0 aliphatic carbocycles. The summed E-state index contributed by atoms with van der Waals surface area (Å²) in [6, 6.07) is 19.0. The number of carbonyl (C=O) groups is 1. The van der Waals surface area contributed by atoms with Crippen LogP contribution in [0.3, 0.4) is 0 Å². The van der Waals surface area contributed by atoms with Crippen LogP contribution in [-0.2, 0) is 13.0 Å². The normalized spacial score (nSPS) is 11.6. The third kappa shape index (κ3) is 6.32. The number of halogens is 1. The van der Waals surface area contributed by atoms with E-state index in [-0.39, 0.29) is 11.7 Å². The average Bonchev–Trinajstić information content (AvgIpc) is 2.79. The standard InChI is InChI=1S/C26H28FNO3/c1-4-18(2)15-20-7-14-25(30-3)24(16-20)26(29)28-17-19-5-10-22(11-6-19)31-23-12-8-21(27)9-13-23/h5-14,16,18H,4,15,17H2,1-3H3,(H,28,29). The van der Waals surface area contributed by atoms with E-state index in [1.165, 1.54) is 12.1 Å². The molecule has 0 aliphatic heterocycles. The molecule has 162 valence electrons. The summed E-state index contributed by atoms with van der Waals surface area (Å²) < 4.78 is 24.1. The lowest BCUT2D eigenvalue weighted by Gasteiger charge is -2.13. The fraction of sp³-hybridized carbons (Fsp3) is 0.269. The SMILES string of the molecule is CCC(C)Cc1ccc(OC)c(C(=O)NCc2ccc(Oc3ccc(F)cc3)cc2)c1. The van der Waals surface area contributed by atoms with Crippen LogP contribution in [-0.4, -0.2) is 13.0 Å². The van der Waals surface area contributed by atoms with Gasteiger partial charge >= 0.3 is 0 Å². The topological polar surface area (TPSA) is 47.6 Å². The van der Waals surface area contributed by atoms with E-state index in [1.54, 1.807) is 19.2 Å². The maximum atomic E-state index is 13.0. The monoisotopic (exact) mass is 421 g/mol. The molecular weight excluding hydrogens is 393 g/mol. The molecule has 5 heteroatoms. The molecule has 1 amide bonds. The maximum absolute atomic E-state index is 13.0. The van der Waals surface area contributed by atoms with Gasteiger partial charge in [0.1, 0.15) is 23.1 Å². The lowest BCUT2D eigenvalue weighted by Crippen LogP contribution is -2.23. The summed E-state index contributed by atoms with van der Waals surface area (Å²) in [6.45, 7) is 4.75. The minimum atomic E-state index is -0.305. The second-order valence-corrected chi connectivity index (χ2v) is 7.63.